The standard InChI is InChI=1S/C12H17NO/c1-14-9-11-4-2-3-10(5-11)6-12-7-13-8-12/h2-5,12-13H,6-9H2,1H3. The first-order valence-corrected chi connectivity index (χ1v) is 5.16. The van der Waals surface area contributed by atoms with Crippen LogP contribution in [-0.2, 0) is 17.8 Å². The molecule has 76 valence electrons. The Morgan fingerprint density at radius 3 is 2.79 bits per heavy atom. The number of hydrogen-bond acceptors (Lipinski definition) is 2. The zero-order valence-electron chi connectivity index (χ0n) is 8.62. The van der Waals surface area contributed by atoms with Crippen LogP contribution in [0.4, 0.5) is 0 Å². The van der Waals surface area contributed by atoms with Crippen LogP contribution in [0.25, 0.3) is 0 Å². The van der Waals surface area contributed by atoms with Crippen molar-refractivity contribution in [1.29, 1.82) is 0 Å². The quantitative estimate of drug-likeness (QED) is 0.780. The highest BCUT2D eigenvalue weighted by atomic mass is 16.5. The first kappa shape index (κ1) is 9.69. The van der Waals surface area contributed by atoms with E-state index in [1.54, 1.807) is 7.11 Å². The molecule has 1 saturated heterocycles. The zero-order chi connectivity index (χ0) is 9.80. The van der Waals surface area contributed by atoms with Gasteiger partial charge in [-0.25, -0.2) is 0 Å². The second-order valence-corrected chi connectivity index (χ2v) is 3.98. The van der Waals surface area contributed by atoms with Gasteiger partial charge in [0.1, 0.15) is 0 Å². The van der Waals surface area contributed by atoms with Gasteiger partial charge < -0.3 is 10.1 Å². The van der Waals surface area contributed by atoms with Crippen molar-refractivity contribution >= 4 is 0 Å². The molecule has 0 atom stereocenters. The monoisotopic (exact) mass is 191 g/mol. The van der Waals surface area contributed by atoms with Gasteiger partial charge in [0.25, 0.3) is 0 Å². The van der Waals surface area contributed by atoms with Crippen LogP contribution < -0.4 is 5.32 Å². The van der Waals surface area contributed by atoms with Crippen LogP contribution in [0.3, 0.4) is 0 Å². The number of nitrogens with one attached hydrogen (secondary N) is 1. The van der Waals surface area contributed by atoms with E-state index in [2.05, 4.69) is 29.6 Å². The molecular formula is C12H17NO. The predicted molar refractivity (Wildman–Crippen MR) is 57.2 cm³/mol. The summed E-state index contributed by atoms with van der Waals surface area (Å²) in [7, 11) is 1.74. The fourth-order valence-electron chi connectivity index (χ4n) is 1.84. The van der Waals surface area contributed by atoms with E-state index < -0.39 is 0 Å². The predicted octanol–water partition coefficient (Wildman–Crippen LogP) is 1.59. The van der Waals surface area contributed by atoms with Gasteiger partial charge in [-0.15, -0.1) is 0 Å². The van der Waals surface area contributed by atoms with Gasteiger partial charge in [-0.05, 0) is 36.6 Å². The normalized spacial score (nSPS) is 16.6. The summed E-state index contributed by atoms with van der Waals surface area (Å²) in [6, 6.07) is 8.70. The molecule has 1 aliphatic heterocycles. The lowest BCUT2D eigenvalue weighted by atomic mass is 9.94. The molecule has 1 aliphatic rings. The van der Waals surface area contributed by atoms with Gasteiger partial charge in [0.05, 0.1) is 6.61 Å². The van der Waals surface area contributed by atoms with E-state index in [9.17, 15) is 0 Å². The van der Waals surface area contributed by atoms with Gasteiger partial charge in [0, 0.05) is 7.11 Å². The number of ether oxygens (including phenoxy) is 1. The zero-order valence-corrected chi connectivity index (χ0v) is 8.62. The van der Waals surface area contributed by atoms with Gasteiger partial charge in [0.15, 0.2) is 0 Å². The molecule has 0 amide bonds. The molecule has 0 bridgehead atoms. The summed E-state index contributed by atoms with van der Waals surface area (Å²) in [6.07, 6.45) is 1.20. The molecule has 0 spiro atoms. The number of benzene rings is 1. The summed E-state index contributed by atoms with van der Waals surface area (Å²) in [4.78, 5) is 0. The smallest absolute Gasteiger partial charge is 0.0713 e. The molecule has 14 heavy (non-hydrogen) atoms. The Morgan fingerprint density at radius 2 is 2.14 bits per heavy atom. The maximum absolute atomic E-state index is 5.12. The maximum atomic E-state index is 5.12. The van der Waals surface area contributed by atoms with E-state index in [-0.39, 0.29) is 0 Å². The third-order valence-electron chi connectivity index (χ3n) is 2.69. The van der Waals surface area contributed by atoms with Crippen molar-refractivity contribution in [3.8, 4) is 0 Å². The molecule has 1 fully saturated rings. The molecule has 2 rings (SSSR count). The molecule has 1 aromatic rings. The van der Waals surface area contributed by atoms with E-state index in [0.717, 1.165) is 12.5 Å². The maximum Gasteiger partial charge on any atom is 0.0713 e. The van der Waals surface area contributed by atoms with E-state index in [1.807, 2.05) is 0 Å². The summed E-state index contributed by atoms with van der Waals surface area (Å²) in [5.41, 5.74) is 2.71. The van der Waals surface area contributed by atoms with Crippen LogP contribution in [0.15, 0.2) is 24.3 Å². The largest absolute Gasteiger partial charge is 0.380 e. The van der Waals surface area contributed by atoms with Crippen molar-refractivity contribution in [2.45, 2.75) is 13.0 Å². The highest BCUT2D eigenvalue weighted by Gasteiger charge is 2.16. The summed E-state index contributed by atoms with van der Waals surface area (Å²) >= 11 is 0. The minimum atomic E-state index is 0.719. The molecule has 1 heterocycles. The van der Waals surface area contributed by atoms with Gasteiger partial charge in [-0.2, -0.15) is 0 Å². The Morgan fingerprint density at radius 1 is 1.36 bits per heavy atom. The van der Waals surface area contributed by atoms with Crippen LogP contribution in [0, 0.1) is 5.92 Å². The average molecular weight is 191 g/mol. The lowest BCUT2D eigenvalue weighted by Gasteiger charge is -2.27. The molecule has 1 N–H and O–H groups in total. The first-order chi connectivity index (χ1) is 6.88. The summed E-state index contributed by atoms with van der Waals surface area (Å²) in [5.74, 6) is 0.841. The minimum Gasteiger partial charge on any atom is -0.380 e. The minimum absolute atomic E-state index is 0.719. The fraction of sp³-hybridized carbons (Fsp3) is 0.500. The Bertz CT molecular complexity index is 294. The van der Waals surface area contributed by atoms with Gasteiger partial charge >= 0.3 is 0 Å². The Hall–Kier alpha value is -0.860. The second kappa shape index (κ2) is 4.58. The van der Waals surface area contributed by atoms with Crippen molar-refractivity contribution in [3.05, 3.63) is 35.4 Å². The Kier molecular flexibility index (Phi) is 3.17. The molecule has 2 nitrogen and oxygen atoms in total. The highest BCUT2D eigenvalue weighted by Crippen LogP contribution is 2.14. The van der Waals surface area contributed by atoms with E-state index in [0.29, 0.717) is 0 Å². The summed E-state index contributed by atoms with van der Waals surface area (Å²) < 4.78 is 5.12. The average Bonchev–Trinajstić information content (AvgIpc) is 2.13. The highest BCUT2D eigenvalue weighted by molar-refractivity contribution is 5.23. The topological polar surface area (TPSA) is 21.3 Å². The SMILES string of the molecule is COCc1cccc(CC2CNC2)c1. The molecule has 0 unspecified atom stereocenters. The van der Waals surface area contributed by atoms with Crippen LogP contribution in [0.2, 0.25) is 0 Å². The van der Waals surface area contributed by atoms with E-state index in [1.165, 1.54) is 30.6 Å². The Balaban J connectivity index is 1.97. The molecular weight excluding hydrogens is 174 g/mol. The van der Waals surface area contributed by atoms with Crippen molar-refractivity contribution < 1.29 is 4.74 Å². The molecule has 2 heteroatoms. The van der Waals surface area contributed by atoms with Crippen molar-refractivity contribution in [2.75, 3.05) is 20.2 Å². The van der Waals surface area contributed by atoms with Gasteiger partial charge in [-0.1, -0.05) is 24.3 Å². The van der Waals surface area contributed by atoms with Crippen LogP contribution in [0.1, 0.15) is 11.1 Å². The van der Waals surface area contributed by atoms with Crippen LogP contribution >= 0.6 is 0 Å². The third-order valence-corrected chi connectivity index (χ3v) is 2.69. The summed E-state index contributed by atoms with van der Waals surface area (Å²) in [5, 5.41) is 3.30. The van der Waals surface area contributed by atoms with Gasteiger partial charge in [0.2, 0.25) is 0 Å². The lowest BCUT2D eigenvalue weighted by Crippen LogP contribution is -2.43. The molecule has 0 aliphatic carbocycles. The number of methoxy groups -OCH3 is 1. The van der Waals surface area contributed by atoms with E-state index in [4.69, 9.17) is 4.74 Å². The van der Waals surface area contributed by atoms with Gasteiger partial charge in [-0.3, -0.25) is 0 Å². The van der Waals surface area contributed by atoms with Crippen LogP contribution in [-0.4, -0.2) is 20.2 Å². The Labute approximate surface area is 85.3 Å². The number of hydrogen-bond donors (Lipinski definition) is 1. The van der Waals surface area contributed by atoms with Crippen LogP contribution in [0.5, 0.6) is 0 Å². The van der Waals surface area contributed by atoms with Crippen molar-refractivity contribution in [1.82, 2.24) is 5.32 Å². The molecule has 0 aromatic heterocycles. The van der Waals surface area contributed by atoms with E-state index >= 15 is 0 Å². The summed E-state index contributed by atoms with van der Waals surface area (Å²) in [6.45, 7) is 3.07. The first-order valence-electron chi connectivity index (χ1n) is 5.16. The molecule has 0 radical (unpaired) electrons. The number of rotatable bonds is 4. The second-order valence-electron chi connectivity index (χ2n) is 3.98. The lowest BCUT2D eigenvalue weighted by molar-refractivity contribution is 0.185. The molecule has 1 aromatic carbocycles. The fourth-order valence-corrected chi connectivity index (χ4v) is 1.84. The van der Waals surface area contributed by atoms with Crippen molar-refractivity contribution in [3.63, 3.8) is 0 Å². The third kappa shape index (κ3) is 2.34. The molecule has 0 saturated carbocycles. The van der Waals surface area contributed by atoms with Crippen molar-refractivity contribution in [2.24, 2.45) is 5.92 Å².